The van der Waals surface area contributed by atoms with Crippen LogP contribution < -0.4 is 15.4 Å². The summed E-state index contributed by atoms with van der Waals surface area (Å²) in [5.74, 6) is -1.04. The van der Waals surface area contributed by atoms with E-state index in [4.69, 9.17) is 27.9 Å². The topological polar surface area (TPSA) is 142 Å². The Morgan fingerprint density at radius 1 is 0.750 bits per heavy atom. The van der Waals surface area contributed by atoms with E-state index >= 15 is 0 Å². The second-order valence-electron chi connectivity index (χ2n) is 15.2. The van der Waals surface area contributed by atoms with Crippen LogP contribution in [0.2, 0.25) is 10.0 Å². The Kier molecular flexibility index (Phi) is 15.7. The molecule has 2 N–H and O–H groups in total. The van der Waals surface area contributed by atoms with Gasteiger partial charge < -0.3 is 15.4 Å². The highest BCUT2D eigenvalue weighted by atomic mass is 35.5. The summed E-state index contributed by atoms with van der Waals surface area (Å²) in [5.41, 5.74) is 0.237. The van der Waals surface area contributed by atoms with Gasteiger partial charge in [-0.25, -0.2) is 30.0 Å². The normalized spacial score (nSPS) is 18.5. The third-order valence-electron chi connectivity index (χ3n) is 10.3. The molecule has 0 aliphatic carbocycles. The molecule has 18 heteroatoms. The van der Waals surface area contributed by atoms with Gasteiger partial charge in [0.25, 0.3) is 6.43 Å². The lowest BCUT2D eigenvalue weighted by molar-refractivity contribution is -0.125. The van der Waals surface area contributed by atoms with Gasteiger partial charge in [-0.3, -0.25) is 9.59 Å². The van der Waals surface area contributed by atoms with Gasteiger partial charge in [-0.05, 0) is 97.7 Å². The van der Waals surface area contributed by atoms with Gasteiger partial charge in [0.1, 0.15) is 23.7 Å². The molecule has 2 aliphatic heterocycles. The predicted octanol–water partition coefficient (Wildman–Crippen LogP) is 8.12. The average Bonchev–Trinajstić information content (AvgIpc) is 3.50. The van der Waals surface area contributed by atoms with Gasteiger partial charge >= 0.3 is 0 Å². The maximum atomic E-state index is 14.7. The lowest BCUT2D eigenvalue weighted by Gasteiger charge is -2.33. The number of nitrogens with one attached hydrogen (secondary N) is 2. The third-order valence-corrected chi connectivity index (χ3v) is 14.6. The Bertz CT molecular complexity index is 2340. The number of amides is 2. The molecule has 0 bridgehead atoms. The van der Waals surface area contributed by atoms with Crippen LogP contribution in [0.25, 0.3) is 0 Å². The van der Waals surface area contributed by atoms with Crippen LogP contribution in [-0.4, -0.2) is 69.5 Å². The number of ether oxygens (including phenoxy) is 1. The average molecular weight is 912 g/mol. The second kappa shape index (κ2) is 20.1. The van der Waals surface area contributed by atoms with Crippen molar-refractivity contribution in [2.45, 2.75) is 87.3 Å². The number of rotatable bonds is 12. The van der Waals surface area contributed by atoms with E-state index in [0.717, 1.165) is 15.0 Å². The van der Waals surface area contributed by atoms with Crippen molar-refractivity contribution < 1.29 is 44.3 Å². The summed E-state index contributed by atoms with van der Waals surface area (Å²) in [6.07, 6.45) is 0.254. The molecule has 0 saturated carbocycles. The predicted molar refractivity (Wildman–Crippen MR) is 223 cm³/mol. The molecule has 4 aromatic rings. The van der Waals surface area contributed by atoms with Gasteiger partial charge in [0.2, 0.25) is 31.9 Å². The summed E-state index contributed by atoms with van der Waals surface area (Å²) >= 11 is 11.8. The van der Waals surface area contributed by atoms with E-state index in [0.29, 0.717) is 60.1 Å². The van der Waals surface area contributed by atoms with Crippen LogP contribution in [0.15, 0.2) is 101 Å². The summed E-state index contributed by atoms with van der Waals surface area (Å²) in [6, 6.07) is 19.2. The van der Waals surface area contributed by atoms with Crippen molar-refractivity contribution in [3.8, 4) is 5.75 Å². The number of sulfonamides is 2. The van der Waals surface area contributed by atoms with Gasteiger partial charge in [-0.15, -0.1) is 0 Å². The number of alkyl halides is 2. The molecule has 0 spiro atoms. The molecule has 6 rings (SSSR count). The van der Waals surface area contributed by atoms with Crippen LogP contribution in [0.5, 0.6) is 5.75 Å². The first-order chi connectivity index (χ1) is 28.3. The van der Waals surface area contributed by atoms with Crippen LogP contribution in [0.4, 0.5) is 13.2 Å². The molecule has 11 nitrogen and oxygen atoms in total. The molecule has 2 atom stereocenters. The first-order valence-electron chi connectivity index (χ1n) is 19.1. The minimum absolute atomic E-state index is 0.0133. The lowest BCUT2D eigenvalue weighted by atomic mass is 9.83. The highest BCUT2D eigenvalue weighted by molar-refractivity contribution is 7.89. The maximum Gasteiger partial charge on any atom is 0.263 e. The highest BCUT2D eigenvalue weighted by Gasteiger charge is 2.41. The van der Waals surface area contributed by atoms with Gasteiger partial charge in [-0.2, -0.15) is 8.61 Å². The van der Waals surface area contributed by atoms with Gasteiger partial charge in [0, 0.05) is 53.4 Å². The zero-order valence-corrected chi connectivity index (χ0v) is 36.4. The molecule has 2 aliphatic rings. The van der Waals surface area contributed by atoms with Gasteiger partial charge in [-0.1, -0.05) is 67.4 Å². The molecule has 324 valence electrons. The molecule has 60 heavy (non-hydrogen) atoms. The molecular weight excluding hydrogens is 865 g/mol. The number of carbonyl (C=O) groups is 2. The summed E-state index contributed by atoms with van der Waals surface area (Å²) in [7, 11) is -6.74. The standard InChI is InChI=1S/C22H26ClFN2O4S.C20H21ClF2N2O3S/c1-22(2)10-11-25-21(27)20(13-22)26(14-15-4-7-17(30-3)12-19(15)24)31(28,29)18-8-5-16(23)6-9-18;21-16-8-10-17(11-9-16)29(27,28)25(18-3-1-2-12-24-20(18)26)13-14-4-6-15(7-5-14)19(22)23/h4-9,12,20H,10-11,13-14H2,1-3H3,(H,25,27);4-11,18-19H,1-3,12-13H2,(H,24,26). The zero-order valence-electron chi connectivity index (χ0n) is 33.2. The van der Waals surface area contributed by atoms with Crippen LogP contribution in [0, 0.1) is 11.2 Å². The molecule has 2 unspecified atom stereocenters. The molecule has 4 aromatic carbocycles. The van der Waals surface area contributed by atoms with E-state index in [1.807, 2.05) is 13.8 Å². The molecule has 2 saturated heterocycles. The number of carbonyl (C=O) groups excluding carboxylic acids is 2. The smallest absolute Gasteiger partial charge is 0.263 e. The number of hydrogen-bond acceptors (Lipinski definition) is 7. The van der Waals surface area contributed by atoms with Crippen molar-refractivity contribution >= 4 is 55.1 Å². The summed E-state index contributed by atoms with van der Waals surface area (Å²) in [5, 5.41) is 6.34. The number of nitrogens with zero attached hydrogens (tertiary/aromatic N) is 2. The zero-order chi connectivity index (χ0) is 43.8. The van der Waals surface area contributed by atoms with Crippen LogP contribution >= 0.6 is 23.2 Å². The fourth-order valence-corrected chi connectivity index (χ4v) is 10.3. The van der Waals surface area contributed by atoms with E-state index in [2.05, 4.69) is 10.6 Å². The Morgan fingerprint density at radius 3 is 1.82 bits per heavy atom. The summed E-state index contributed by atoms with van der Waals surface area (Å²) < 4.78 is 102. The Morgan fingerprint density at radius 2 is 1.28 bits per heavy atom. The van der Waals surface area contributed by atoms with E-state index in [1.165, 1.54) is 92.0 Å². The Balaban J connectivity index is 0.000000228. The van der Waals surface area contributed by atoms with E-state index < -0.39 is 50.3 Å². The largest absolute Gasteiger partial charge is 0.497 e. The van der Waals surface area contributed by atoms with Crippen molar-refractivity contribution in [1.82, 2.24) is 19.2 Å². The van der Waals surface area contributed by atoms with E-state index in [9.17, 15) is 39.6 Å². The number of halogens is 5. The molecule has 0 radical (unpaired) electrons. The number of hydrogen-bond donors (Lipinski definition) is 2. The molecule has 0 aromatic heterocycles. The van der Waals surface area contributed by atoms with Crippen molar-refractivity contribution in [2.24, 2.45) is 5.41 Å². The van der Waals surface area contributed by atoms with Crippen LogP contribution in [-0.2, 0) is 42.7 Å². The van der Waals surface area contributed by atoms with Gasteiger partial charge in [0.05, 0.1) is 16.9 Å². The number of methoxy groups -OCH3 is 1. The maximum absolute atomic E-state index is 14.7. The van der Waals surface area contributed by atoms with Crippen molar-refractivity contribution in [3.05, 3.63) is 124 Å². The summed E-state index contributed by atoms with van der Waals surface area (Å²) in [4.78, 5) is 25.5. The summed E-state index contributed by atoms with van der Waals surface area (Å²) in [6.45, 7) is 4.52. The fraction of sp³-hybridized carbons (Fsp3) is 0.381. The SMILES string of the molecule is COc1ccc(CN(C2CC(C)(C)CCNC2=O)S(=O)(=O)c2ccc(Cl)cc2)c(F)c1.O=C1NCCCCC1N(Cc1ccc(C(F)F)cc1)S(=O)(=O)c1ccc(Cl)cc1. The molecule has 2 amide bonds. The van der Waals surface area contributed by atoms with Crippen molar-refractivity contribution in [3.63, 3.8) is 0 Å². The fourth-order valence-electron chi connectivity index (χ4n) is 6.90. The minimum atomic E-state index is -4.13. The first-order valence-corrected chi connectivity index (χ1v) is 22.8. The van der Waals surface area contributed by atoms with E-state index in [-0.39, 0.29) is 45.3 Å². The monoisotopic (exact) mass is 910 g/mol. The van der Waals surface area contributed by atoms with Gasteiger partial charge in [0.15, 0.2) is 0 Å². The molecule has 2 heterocycles. The van der Waals surface area contributed by atoms with Crippen molar-refractivity contribution in [1.29, 1.82) is 0 Å². The second-order valence-corrected chi connectivity index (χ2v) is 19.9. The Hall–Kier alpha value is -4.19. The minimum Gasteiger partial charge on any atom is -0.497 e. The molecule has 2 fully saturated rings. The van der Waals surface area contributed by atoms with E-state index in [1.54, 1.807) is 6.07 Å². The number of benzene rings is 4. The molecular formula is C42H47Cl2F3N4O7S2. The quantitative estimate of drug-likeness (QED) is 0.146. The third kappa shape index (κ3) is 11.8. The lowest BCUT2D eigenvalue weighted by Crippen LogP contribution is -2.49. The van der Waals surface area contributed by atoms with Crippen LogP contribution in [0.3, 0.4) is 0 Å². The Labute approximate surface area is 359 Å². The first kappa shape index (κ1) is 46.9. The van der Waals surface area contributed by atoms with Crippen LogP contribution in [0.1, 0.15) is 69.1 Å². The van der Waals surface area contributed by atoms with Crippen molar-refractivity contribution in [2.75, 3.05) is 20.2 Å². The highest BCUT2D eigenvalue weighted by Crippen LogP contribution is 2.34.